The summed E-state index contributed by atoms with van der Waals surface area (Å²) >= 11 is 1.37. The molecule has 11 heteroatoms. The van der Waals surface area contributed by atoms with Crippen LogP contribution in [0.25, 0.3) is 17.4 Å². The minimum Gasteiger partial charge on any atom is -0.496 e. The van der Waals surface area contributed by atoms with Crippen molar-refractivity contribution in [3.8, 4) is 28.6 Å². The molecule has 1 atom stereocenters. The number of hydrogen-bond donors (Lipinski definition) is 3. The molecule has 1 aromatic heterocycles. The van der Waals surface area contributed by atoms with Crippen molar-refractivity contribution in [2.45, 2.75) is 17.1 Å². The van der Waals surface area contributed by atoms with E-state index in [2.05, 4.69) is 16.0 Å². The lowest BCUT2D eigenvalue weighted by atomic mass is 10.1. The zero-order valence-electron chi connectivity index (χ0n) is 26.7. The van der Waals surface area contributed by atoms with E-state index in [1.165, 1.54) is 17.8 Å². The van der Waals surface area contributed by atoms with Gasteiger partial charge in [0.15, 0.2) is 11.5 Å². The van der Waals surface area contributed by atoms with Crippen LogP contribution in [0, 0.1) is 0 Å². The topological polar surface area (TPSA) is 128 Å². The van der Waals surface area contributed by atoms with Crippen LogP contribution in [-0.4, -0.2) is 43.3 Å². The molecule has 0 fully saturated rings. The van der Waals surface area contributed by atoms with Gasteiger partial charge >= 0.3 is 0 Å². The standard InChI is InChI=1S/C38H33N3O7S/c1-24(36(42)40-27-14-18-34-35(22-27)47-21-20-46-34)49-29-16-12-26(13-17-29)39-38(44)31(41-37(43)25-8-4-3-5-9-25)23-28-15-19-33(48-28)30-10-6-7-11-32(30)45-2/h3-19,22-24H,20-21H2,1-2H3,(H,39,44)(H,40,42)(H,41,43)/b31-23+. The first kappa shape index (κ1) is 33.0. The Kier molecular flexibility index (Phi) is 10.3. The third-order valence-electron chi connectivity index (χ3n) is 7.42. The number of rotatable bonds is 11. The van der Waals surface area contributed by atoms with Crippen LogP contribution in [0.2, 0.25) is 0 Å². The lowest BCUT2D eigenvalue weighted by Crippen LogP contribution is -2.30. The Balaban J connectivity index is 1.13. The molecule has 0 radical (unpaired) electrons. The number of para-hydroxylation sites is 1. The summed E-state index contributed by atoms with van der Waals surface area (Å²) in [4.78, 5) is 40.4. The molecule has 3 N–H and O–H groups in total. The van der Waals surface area contributed by atoms with E-state index in [-0.39, 0.29) is 11.6 Å². The molecule has 1 aliphatic heterocycles. The molecule has 3 amide bonds. The van der Waals surface area contributed by atoms with Gasteiger partial charge < -0.3 is 34.6 Å². The summed E-state index contributed by atoms with van der Waals surface area (Å²) in [6.07, 6.45) is 1.47. The van der Waals surface area contributed by atoms with Gasteiger partial charge in [0.1, 0.15) is 36.2 Å². The summed E-state index contributed by atoms with van der Waals surface area (Å²) in [5.74, 6) is 1.62. The van der Waals surface area contributed by atoms with Gasteiger partial charge in [0.05, 0.1) is 17.9 Å². The maximum Gasteiger partial charge on any atom is 0.272 e. The van der Waals surface area contributed by atoms with Gasteiger partial charge in [-0.25, -0.2) is 0 Å². The summed E-state index contributed by atoms with van der Waals surface area (Å²) in [6.45, 7) is 2.77. The fourth-order valence-electron chi connectivity index (χ4n) is 4.95. The number of carbonyl (C=O) groups is 3. The van der Waals surface area contributed by atoms with Gasteiger partial charge in [0.2, 0.25) is 5.91 Å². The van der Waals surface area contributed by atoms with Crippen molar-refractivity contribution >= 4 is 46.9 Å². The van der Waals surface area contributed by atoms with Crippen LogP contribution in [0.1, 0.15) is 23.0 Å². The first-order valence-electron chi connectivity index (χ1n) is 15.5. The average molecular weight is 676 g/mol. The summed E-state index contributed by atoms with van der Waals surface area (Å²) in [5.41, 5.74) is 2.24. The third kappa shape index (κ3) is 8.32. The van der Waals surface area contributed by atoms with Crippen molar-refractivity contribution in [2.24, 2.45) is 0 Å². The first-order valence-corrected chi connectivity index (χ1v) is 16.3. The predicted molar refractivity (Wildman–Crippen MR) is 189 cm³/mol. The van der Waals surface area contributed by atoms with Gasteiger partial charge in [-0.1, -0.05) is 30.3 Å². The highest BCUT2D eigenvalue weighted by Gasteiger charge is 2.19. The Morgan fingerprint density at radius 1 is 0.796 bits per heavy atom. The van der Waals surface area contributed by atoms with E-state index in [9.17, 15) is 14.4 Å². The van der Waals surface area contributed by atoms with Crippen molar-refractivity contribution < 1.29 is 33.0 Å². The number of methoxy groups -OCH3 is 1. The van der Waals surface area contributed by atoms with Crippen molar-refractivity contribution in [3.05, 3.63) is 126 Å². The van der Waals surface area contributed by atoms with Gasteiger partial charge in [-0.3, -0.25) is 14.4 Å². The van der Waals surface area contributed by atoms with Crippen LogP contribution in [0.15, 0.2) is 124 Å². The van der Waals surface area contributed by atoms with Gasteiger partial charge in [-0.05, 0) is 79.7 Å². The number of furan rings is 1. The van der Waals surface area contributed by atoms with Gasteiger partial charge in [0.25, 0.3) is 11.8 Å². The Hall–Kier alpha value is -5.94. The number of benzene rings is 4. The summed E-state index contributed by atoms with van der Waals surface area (Å²) in [5, 5.41) is 8.07. The molecule has 10 nitrogen and oxygen atoms in total. The molecule has 49 heavy (non-hydrogen) atoms. The Labute approximate surface area is 287 Å². The van der Waals surface area contributed by atoms with E-state index < -0.39 is 17.1 Å². The van der Waals surface area contributed by atoms with Crippen molar-refractivity contribution in [3.63, 3.8) is 0 Å². The third-order valence-corrected chi connectivity index (χ3v) is 8.53. The van der Waals surface area contributed by atoms with Gasteiger partial charge in [-0.2, -0.15) is 0 Å². The predicted octanol–water partition coefficient (Wildman–Crippen LogP) is 7.26. The second-order valence-electron chi connectivity index (χ2n) is 10.9. The van der Waals surface area contributed by atoms with Gasteiger partial charge in [0, 0.05) is 34.0 Å². The first-order chi connectivity index (χ1) is 23.9. The molecule has 0 aliphatic carbocycles. The molecule has 0 saturated carbocycles. The Bertz CT molecular complexity index is 1990. The number of anilines is 2. The number of nitrogens with one attached hydrogen (secondary N) is 3. The zero-order chi connectivity index (χ0) is 34.2. The number of fused-ring (bicyclic) bond motifs is 1. The molecular weight excluding hydrogens is 642 g/mol. The minimum atomic E-state index is -0.549. The SMILES string of the molecule is COc1ccccc1-c1ccc(/C=C(/NC(=O)c2ccccc2)C(=O)Nc2ccc(SC(C)C(=O)Nc3ccc4c(c3)OCCO4)cc2)o1. The lowest BCUT2D eigenvalue weighted by Gasteiger charge is -2.19. The number of amides is 3. The molecule has 5 aromatic rings. The summed E-state index contributed by atoms with van der Waals surface area (Å²) in [6, 6.07) is 31.9. The zero-order valence-corrected chi connectivity index (χ0v) is 27.5. The normalized spacial score (nSPS) is 12.8. The molecule has 6 rings (SSSR count). The van der Waals surface area contributed by atoms with Crippen molar-refractivity contribution in [1.29, 1.82) is 0 Å². The van der Waals surface area contributed by atoms with E-state index in [1.54, 1.807) is 79.9 Å². The fraction of sp³-hybridized carbons (Fsp3) is 0.132. The Morgan fingerprint density at radius 2 is 1.51 bits per heavy atom. The van der Waals surface area contributed by atoms with Crippen LogP contribution in [-0.2, 0) is 9.59 Å². The monoisotopic (exact) mass is 675 g/mol. The quantitative estimate of drug-likeness (QED) is 0.0987. The second-order valence-corrected chi connectivity index (χ2v) is 12.3. The van der Waals surface area contributed by atoms with Crippen molar-refractivity contribution in [1.82, 2.24) is 5.32 Å². The molecule has 1 aliphatic rings. The summed E-state index contributed by atoms with van der Waals surface area (Å²) < 4.78 is 22.6. The number of hydrogen-bond acceptors (Lipinski definition) is 8. The van der Waals surface area contributed by atoms with Crippen LogP contribution >= 0.6 is 11.8 Å². The van der Waals surface area contributed by atoms with Gasteiger partial charge in [-0.15, -0.1) is 11.8 Å². The van der Waals surface area contributed by atoms with E-state index >= 15 is 0 Å². The maximum absolute atomic E-state index is 13.5. The highest BCUT2D eigenvalue weighted by molar-refractivity contribution is 8.00. The molecule has 0 saturated heterocycles. The highest BCUT2D eigenvalue weighted by atomic mass is 32.2. The fourth-order valence-corrected chi connectivity index (χ4v) is 5.81. The number of carbonyl (C=O) groups excluding carboxylic acids is 3. The largest absolute Gasteiger partial charge is 0.496 e. The molecule has 1 unspecified atom stereocenters. The van der Waals surface area contributed by atoms with E-state index in [0.717, 1.165) is 10.5 Å². The van der Waals surface area contributed by atoms with E-state index in [1.807, 2.05) is 43.3 Å². The highest BCUT2D eigenvalue weighted by Crippen LogP contribution is 2.34. The molecule has 248 valence electrons. The maximum atomic E-state index is 13.5. The average Bonchev–Trinajstić information content (AvgIpc) is 3.60. The number of ether oxygens (including phenoxy) is 3. The van der Waals surface area contributed by atoms with Crippen LogP contribution in [0.5, 0.6) is 17.2 Å². The van der Waals surface area contributed by atoms with Crippen LogP contribution in [0.4, 0.5) is 11.4 Å². The molecule has 0 bridgehead atoms. The summed E-state index contributed by atoms with van der Waals surface area (Å²) in [7, 11) is 1.58. The second kappa shape index (κ2) is 15.3. The van der Waals surface area contributed by atoms with E-state index in [4.69, 9.17) is 18.6 Å². The minimum absolute atomic E-state index is 0.0161. The molecule has 0 spiro atoms. The smallest absolute Gasteiger partial charge is 0.272 e. The Morgan fingerprint density at radius 3 is 2.29 bits per heavy atom. The number of thioether (sulfide) groups is 1. The van der Waals surface area contributed by atoms with Crippen LogP contribution in [0.3, 0.4) is 0 Å². The molecule has 2 heterocycles. The van der Waals surface area contributed by atoms with Crippen molar-refractivity contribution in [2.75, 3.05) is 31.0 Å². The molecule has 4 aromatic carbocycles. The lowest BCUT2D eigenvalue weighted by molar-refractivity contribution is -0.115. The van der Waals surface area contributed by atoms with Crippen LogP contribution < -0.4 is 30.2 Å². The van der Waals surface area contributed by atoms with E-state index in [0.29, 0.717) is 58.9 Å². The molecular formula is C38H33N3O7S.